The van der Waals surface area contributed by atoms with E-state index in [1.54, 1.807) is 0 Å². The van der Waals surface area contributed by atoms with Crippen LogP contribution in [0, 0.1) is 6.92 Å². The third-order valence-electron chi connectivity index (χ3n) is 4.60. The maximum absolute atomic E-state index is 4.59. The molecule has 0 unspecified atom stereocenters. The van der Waals surface area contributed by atoms with E-state index in [0.29, 0.717) is 0 Å². The van der Waals surface area contributed by atoms with Crippen molar-refractivity contribution in [1.29, 1.82) is 0 Å². The molecule has 112 valence electrons. The molecule has 0 spiro atoms. The summed E-state index contributed by atoms with van der Waals surface area (Å²) in [5, 5.41) is 12.5. The average molecular weight is 284 g/mol. The fraction of sp³-hybridized carbons (Fsp3) is 0.529. The first-order valence-corrected chi connectivity index (χ1v) is 7.95. The lowest BCUT2D eigenvalue weighted by Crippen LogP contribution is -2.41. The fourth-order valence-corrected chi connectivity index (χ4v) is 3.56. The SMILES string of the molecule is CCCC1(c2nnc(C)n2-c2ccccc2)CCNCC1. The number of rotatable bonds is 4. The molecule has 2 aromatic rings. The van der Waals surface area contributed by atoms with E-state index >= 15 is 0 Å². The predicted octanol–water partition coefficient (Wildman–Crippen LogP) is 3.00. The van der Waals surface area contributed by atoms with Crippen LogP contribution in [0.5, 0.6) is 0 Å². The molecule has 0 aliphatic carbocycles. The van der Waals surface area contributed by atoms with E-state index in [1.165, 1.54) is 18.5 Å². The topological polar surface area (TPSA) is 42.7 Å². The van der Waals surface area contributed by atoms with Gasteiger partial charge in [0, 0.05) is 11.1 Å². The highest BCUT2D eigenvalue weighted by Crippen LogP contribution is 2.38. The van der Waals surface area contributed by atoms with Crippen molar-refractivity contribution >= 4 is 0 Å². The Hall–Kier alpha value is -1.68. The van der Waals surface area contributed by atoms with E-state index in [0.717, 1.165) is 37.6 Å². The lowest BCUT2D eigenvalue weighted by molar-refractivity contribution is 0.267. The number of nitrogens with zero attached hydrogens (tertiary/aromatic N) is 3. The summed E-state index contributed by atoms with van der Waals surface area (Å²) < 4.78 is 2.25. The average Bonchev–Trinajstić information content (AvgIpc) is 2.92. The summed E-state index contributed by atoms with van der Waals surface area (Å²) in [6.45, 7) is 6.45. The van der Waals surface area contributed by atoms with Gasteiger partial charge in [-0.05, 0) is 51.4 Å². The molecular weight excluding hydrogens is 260 g/mol. The van der Waals surface area contributed by atoms with Crippen LogP contribution >= 0.6 is 0 Å². The van der Waals surface area contributed by atoms with E-state index in [2.05, 4.69) is 57.3 Å². The number of benzene rings is 1. The van der Waals surface area contributed by atoms with Gasteiger partial charge in [0.1, 0.15) is 11.6 Å². The Morgan fingerprint density at radius 3 is 2.52 bits per heavy atom. The fourth-order valence-electron chi connectivity index (χ4n) is 3.56. The molecular formula is C17H24N4. The van der Waals surface area contributed by atoms with E-state index in [9.17, 15) is 0 Å². The van der Waals surface area contributed by atoms with Crippen LogP contribution < -0.4 is 5.32 Å². The van der Waals surface area contributed by atoms with Gasteiger partial charge in [-0.3, -0.25) is 4.57 Å². The van der Waals surface area contributed by atoms with Crippen LogP contribution in [0.2, 0.25) is 0 Å². The molecule has 0 amide bonds. The Morgan fingerprint density at radius 1 is 1.14 bits per heavy atom. The first-order chi connectivity index (χ1) is 10.3. The van der Waals surface area contributed by atoms with Crippen LogP contribution in [-0.2, 0) is 5.41 Å². The Morgan fingerprint density at radius 2 is 1.86 bits per heavy atom. The summed E-state index contributed by atoms with van der Waals surface area (Å²) in [5.74, 6) is 2.12. The van der Waals surface area contributed by atoms with Crippen molar-refractivity contribution < 1.29 is 0 Å². The Bertz CT molecular complexity index is 577. The number of hydrogen-bond donors (Lipinski definition) is 1. The van der Waals surface area contributed by atoms with Crippen molar-refractivity contribution in [2.75, 3.05) is 13.1 Å². The van der Waals surface area contributed by atoms with Gasteiger partial charge in [-0.1, -0.05) is 31.5 Å². The van der Waals surface area contributed by atoms with Crippen molar-refractivity contribution in [1.82, 2.24) is 20.1 Å². The zero-order valence-electron chi connectivity index (χ0n) is 13.0. The minimum Gasteiger partial charge on any atom is -0.317 e. The monoisotopic (exact) mass is 284 g/mol. The Labute approximate surface area is 126 Å². The highest BCUT2D eigenvalue weighted by molar-refractivity contribution is 5.35. The molecule has 1 aromatic heterocycles. The number of piperidine rings is 1. The van der Waals surface area contributed by atoms with Gasteiger partial charge in [-0.2, -0.15) is 0 Å². The van der Waals surface area contributed by atoms with Crippen LogP contribution in [0.15, 0.2) is 30.3 Å². The van der Waals surface area contributed by atoms with Gasteiger partial charge < -0.3 is 5.32 Å². The maximum Gasteiger partial charge on any atom is 0.143 e. The van der Waals surface area contributed by atoms with E-state index < -0.39 is 0 Å². The summed E-state index contributed by atoms with van der Waals surface area (Å²) in [4.78, 5) is 0. The molecule has 1 aromatic carbocycles. The van der Waals surface area contributed by atoms with Crippen molar-refractivity contribution in [2.24, 2.45) is 0 Å². The number of aromatic nitrogens is 3. The van der Waals surface area contributed by atoms with Gasteiger partial charge in [-0.15, -0.1) is 10.2 Å². The minimum atomic E-state index is 0.164. The number of nitrogens with one attached hydrogen (secondary N) is 1. The quantitative estimate of drug-likeness (QED) is 0.938. The lowest BCUT2D eigenvalue weighted by Gasteiger charge is -2.37. The Balaban J connectivity index is 2.09. The summed E-state index contributed by atoms with van der Waals surface area (Å²) in [5.41, 5.74) is 1.33. The van der Waals surface area contributed by atoms with Crippen molar-refractivity contribution in [3.05, 3.63) is 42.0 Å². The zero-order chi connectivity index (χ0) is 14.7. The molecule has 1 N–H and O–H groups in total. The summed E-state index contributed by atoms with van der Waals surface area (Å²) in [7, 11) is 0. The van der Waals surface area contributed by atoms with Crippen LogP contribution in [0.3, 0.4) is 0 Å². The summed E-state index contributed by atoms with van der Waals surface area (Å²) in [6.07, 6.45) is 4.65. The molecule has 1 aliphatic heterocycles. The van der Waals surface area contributed by atoms with E-state index in [-0.39, 0.29) is 5.41 Å². The second-order valence-electron chi connectivity index (χ2n) is 6.02. The van der Waals surface area contributed by atoms with Crippen LogP contribution in [0.1, 0.15) is 44.3 Å². The van der Waals surface area contributed by atoms with Crippen LogP contribution in [0.4, 0.5) is 0 Å². The minimum absolute atomic E-state index is 0.164. The van der Waals surface area contributed by atoms with Gasteiger partial charge in [0.25, 0.3) is 0 Å². The first-order valence-electron chi connectivity index (χ1n) is 7.95. The lowest BCUT2D eigenvalue weighted by atomic mass is 9.74. The smallest absolute Gasteiger partial charge is 0.143 e. The zero-order valence-corrected chi connectivity index (χ0v) is 13.0. The van der Waals surface area contributed by atoms with Crippen molar-refractivity contribution in [3.8, 4) is 5.69 Å². The van der Waals surface area contributed by atoms with Gasteiger partial charge >= 0.3 is 0 Å². The highest BCUT2D eigenvalue weighted by Gasteiger charge is 2.38. The molecule has 4 heteroatoms. The van der Waals surface area contributed by atoms with Crippen LogP contribution in [0.25, 0.3) is 5.69 Å². The van der Waals surface area contributed by atoms with E-state index in [4.69, 9.17) is 0 Å². The van der Waals surface area contributed by atoms with Crippen LogP contribution in [-0.4, -0.2) is 27.9 Å². The molecule has 1 saturated heterocycles. The van der Waals surface area contributed by atoms with Gasteiger partial charge in [0.05, 0.1) is 0 Å². The number of aryl methyl sites for hydroxylation is 1. The molecule has 0 radical (unpaired) electrons. The molecule has 0 atom stereocenters. The maximum atomic E-state index is 4.59. The first kappa shape index (κ1) is 14.3. The second-order valence-corrected chi connectivity index (χ2v) is 6.02. The molecule has 1 aliphatic rings. The third kappa shape index (κ3) is 2.60. The second kappa shape index (κ2) is 5.98. The van der Waals surface area contributed by atoms with Gasteiger partial charge in [0.15, 0.2) is 0 Å². The number of hydrogen-bond acceptors (Lipinski definition) is 3. The summed E-state index contributed by atoms with van der Waals surface area (Å²) in [6, 6.07) is 10.5. The molecule has 21 heavy (non-hydrogen) atoms. The largest absolute Gasteiger partial charge is 0.317 e. The van der Waals surface area contributed by atoms with E-state index in [1.807, 2.05) is 6.92 Å². The highest BCUT2D eigenvalue weighted by atomic mass is 15.3. The van der Waals surface area contributed by atoms with Gasteiger partial charge in [-0.25, -0.2) is 0 Å². The van der Waals surface area contributed by atoms with Gasteiger partial charge in [0.2, 0.25) is 0 Å². The van der Waals surface area contributed by atoms with Crippen molar-refractivity contribution in [2.45, 2.75) is 44.9 Å². The molecule has 2 heterocycles. The number of para-hydroxylation sites is 1. The Kier molecular flexibility index (Phi) is 4.06. The third-order valence-corrected chi connectivity index (χ3v) is 4.60. The normalized spacial score (nSPS) is 17.8. The molecule has 3 rings (SSSR count). The predicted molar refractivity (Wildman–Crippen MR) is 84.8 cm³/mol. The van der Waals surface area contributed by atoms with Crippen molar-refractivity contribution in [3.63, 3.8) is 0 Å². The molecule has 4 nitrogen and oxygen atoms in total. The molecule has 1 fully saturated rings. The standard InChI is InChI=1S/C17H24N4/c1-3-9-17(10-12-18-13-11-17)16-20-19-14(2)21(16)15-7-5-4-6-8-15/h4-8,18H,3,9-13H2,1-2H3. The molecule has 0 bridgehead atoms. The molecule has 0 saturated carbocycles. The summed E-state index contributed by atoms with van der Waals surface area (Å²) >= 11 is 0.